The molecule has 5 heteroatoms. The van der Waals surface area contributed by atoms with Crippen molar-refractivity contribution in [3.8, 4) is 6.07 Å². The van der Waals surface area contributed by atoms with Crippen molar-refractivity contribution in [1.82, 2.24) is 0 Å². The SMILES string of the molecule is CC1(C)C(=O)C(C#N)=C[C@]2(C)C3=CC(=O)C4[C@@H]5C[C@@](C)(CC(=O)O)CC[C@]5(C)CC[C@@]4(C)[C@]3(C)CC[C@@H]12. The predicted octanol–water partition coefficient (Wildman–Crippen LogP) is 6.68. The molecule has 0 spiro atoms. The van der Waals surface area contributed by atoms with E-state index in [4.69, 9.17) is 0 Å². The van der Waals surface area contributed by atoms with Gasteiger partial charge < -0.3 is 5.11 Å². The normalized spacial score (nSPS) is 48.3. The smallest absolute Gasteiger partial charge is 0.303 e. The van der Waals surface area contributed by atoms with Crippen LogP contribution >= 0.6 is 0 Å². The van der Waals surface area contributed by atoms with Crippen molar-refractivity contribution < 1.29 is 19.5 Å². The average Bonchev–Trinajstić information content (AvgIpc) is 2.79. The van der Waals surface area contributed by atoms with E-state index in [2.05, 4.69) is 40.7 Å². The number of nitriles is 1. The van der Waals surface area contributed by atoms with Crippen LogP contribution in [0, 0.1) is 61.6 Å². The standard InChI is InChI=1S/C32H43NO4/c1-27(2)22-8-9-31(6)23(30(22,5)15-19(18-33)26(27)37)14-21(34)25-20-16-28(3,17-24(35)36)10-11-29(20,4)12-13-32(25,31)7/h14-15,20,22,25H,8-13,16-17H2,1-7H3,(H,35,36)/t20-,22-,25?,28-,29+,30-,31+,32+/m0/s1. The topological polar surface area (TPSA) is 95.2 Å². The second-order valence-electron chi connectivity index (χ2n) is 15.1. The van der Waals surface area contributed by atoms with Gasteiger partial charge in [-0.15, -0.1) is 0 Å². The van der Waals surface area contributed by atoms with Crippen molar-refractivity contribution in [1.29, 1.82) is 5.26 Å². The summed E-state index contributed by atoms with van der Waals surface area (Å²) in [6.45, 7) is 15.2. The molecule has 3 fully saturated rings. The van der Waals surface area contributed by atoms with Gasteiger partial charge in [0.1, 0.15) is 6.07 Å². The number of hydrogen-bond acceptors (Lipinski definition) is 4. The van der Waals surface area contributed by atoms with Crippen molar-refractivity contribution in [3.63, 3.8) is 0 Å². The number of hydrogen-bond donors (Lipinski definition) is 1. The fourth-order valence-electron chi connectivity index (χ4n) is 10.3. The summed E-state index contributed by atoms with van der Waals surface area (Å²) in [5.41, 5.74) is -0.571. The third-order valence-corrected chi connectivity index (χ3v) is 12.7. The molecule has 0 heterocycles. The van der Waals surface area contributed by atoms with Gasteiger partial charge in [0.05, 0.1) is 12.0 Å². The van der Waals surface area contributed by atoms with E-state index in [1.54, 1.807) is 0 Å². The summed E-state index contributed by atoms with van der Waals surface area (Å²) in [6, 6.07) is 2.17. The van der Waals surface area contributed by atoms with Gasteiger partial charge in [-0.25, -0.2) is 0 Å². The highest BCUT2D eigenvalue weighted by atomic mass is 16.4. The van der Waals surface area contributed by atoms with Gasteiger partial charge in [0, 0.05) is 16.7 Å². The first-order chi connectivity index (χ1) is 17.0. The highest BCUT2D eigenvalue weighted by Gasteiger charge is 2.69. The summed E-state index contributed by atoms with van der Waals surface area (Å²) in [7, 11) is 0. The van der Waals surface area contributed by atoms with Gasteiger partial charge in [-0.1, -0.05) is 60.1 Å². The minimum absolute atomic E-state index is 0.0410. The minimum Gasteiger partial charge on any atom is -0.481 e. The van der Waals surface area contributed by atoms with Crippen LogP contribution in [0.15, 0.2) is 23.3 Å². The number of allylic oxidation sites excluding steroid dienone is 4. The summed E-state index contributed by atoms with van der Waals surface area (Å²) in [5.74, 6) is -0.595. The summed E-state index contributed by atoms with van der Waals surface area (Å²) in [4.78, 5) is 39.2. The zero-order valence-corrected chi connectivity index (χ0v) is 23.7. The number of nitrogens with zero attached hydrogens (tertiary/aromatic N) is 1. The van der Waals surface area contributed by atoms with Crippen LogP contribution in [0.4, 0.5) is 0 Å². The number of Topliss-reactive ketones (excluding diaryl/α,β-unsaturated/α-hetero) is 1. The van der Waals surface area contributed by atoms with Crippen LogP contribution in [0.5, 0.6) is 0 Å². The van der Waals surface area contributed by atoms with E-state index in [9.17, 15) is 24.8 Å². The number of carboxylic acid groups (broad SMARTS) is 1. The Kier molecular flexibility index (Phi) is 5.47. The second kappa shape index (κ2) is 7.67. The van der Waals surface area contributed by atoms with E-state index < -0.39 is 16.8 Å². The second-order valence-corrected chi connectivity index (χ2v) is 15.1. The molecular formula is C32H43NO4. The van der Waals surface area contributed by atoms with E-state index in [0.717, 1.165) is 50.5 Å². The van der Waals surface area contributed by atoms with E-state index in [0.29, 0.717) is 0 Å². The van der Waals surface area contributed by atoms with Crippen molar-refractivity contribution in [2.24, 2.45) is 50.2 Å². The van der Waals surface area contributed by atoms with Crippen molar-refractivity contribution in [2.75, 3.05) is 0 Å². The zero-order chi connectivity index (χ0) is 27.4. The van der Waals surface area contributed by atoms with Gasteiger partial charge in [-0.3, -0.25) is 14.4 Å². The van der Waals surface area contributed by atoms with Crippen LogP contribution in [0.3, 0.4) is 0 Å². The lowest BCUT2D eigenvalue weighted by atomic mass is 9.34. The molecule has 200 valence electrons. The summed E-state index contributed by atoms with van der Waals surface area (Å²) in [6.07, 6.45) is 10.4. The molecule has 0 aromatic carbocycles. The summed E-state index contributed by atoms with van der Waals surface area (Å²) in [5, 5.41) is 19.5. The maximum atomic E-state index is 14.3. The van der Waals surface area contributed by atoms with Crippen LogP contribution < -0.4 is 0 Å². The molecule has 5 aliphatic carbocycles. The molecule has 0 bridgehead atoms. The molecular weight excluding hydrogens is 462 g/mol. The molecule has 1 unspecified atom stereocenters. The Bertz CT molecular complexity index is 1200. The number of carbonyl (C=O) groups is 3. The molecule has 0 amide bonds. The van der Waals surface area contributed by atoms with Crippen LogP contribution in [0.1, 0.15) is 99.8 Å². The predicted molar refractivity (Wildman–Crippen MR) is 141 cm³/mol. The Labute approximate surface area is 221 Å². The monoisotopic (exact) mass is 505 g/mol. The molecule has 1 N–H and O–H groups in total. The number of rotatable bonds is 2. The largest absolute Gasteiger partial charge is 0.481 e. The van der Waals surface area contributed by atoms with E-state index in [-0.39, 0.29) is 63.0 Å². The molecule has 0 aromatic rings. The number of fused-ring (bicyclic) bond motifs is 7. The number of carbonyl (C=O) groups excluding carboxylic acids is 2. The molecule has 0 saturated heterocycles. The van der Waals surface area contributed by atoms with Crippen molar-refractivity contribution >= 4 is 17.5 Å². The summed E-state index contributed by atoms with van der Waals surface area (Å²) < 4.78 is 0. The van der Waals surface area contributed by atoms with Crippen LogP contribution in [0.2, 0.25) is 0 Å². The third kappa shape index (κ3) is 3.29. The molecule has 0 radical (unpaired) electrons. The van der Waals surface area contributed by atoms with Crippen LogP contribution in [0.25, 0.3) is 0 Å². The minimum atomic E-state index is -0.755. The first-order valence-corrected chi connectivity index (χ1v) is 14.1. The first-order valence-electron chi connectivity index (χ1n) is 14.1. The van der Waals surface area contributed by atoms with Gasteiger partial charge in [0.2, 0.25) is 0 Å². The van der Waals surface area contributed by atoms with Gasteiger partial charge in [0.25, 0.3) is 0 Å². The van der Waals surface area contributed by atoms with Crippen molar-refractivity contribution in [3.05, 3.63) is 23.3 Å². The van der Waals surface area contributed by atoms with Crippen LogP contribution in [-0.4, -0.2) is 22.6 Å². The molecule has 5 rings (SSSR count). The third-order valence-electron chi connectivity index (χ3n) is 12.7. The molecule has 8 atom stereocenters. The maximum absolute atomic E-state index is 14.3. The molecule has 37 heavy (non-hydrogen) atoms. The van der Waals surface area contributed by atoms with E-state index >= 15 is 0 Å². The Morgan fingerprint density at radius 1 is 1.03 bits per heavy atom. The van der Waals surface area contributed by atoms with E-state index in [1.165, 1.54) is 0 Å². The quantitative estimate of drug-likeness (QED) is 0.451. The molecule has 3 saturated carbocycles. The molecule has 5 aliphatic rings. The first kappa shape index (κ1) is 26.4. The Morgan fingerprint density at radius 2 is 1.68 bits per heavy atom. The van der Waals surface area contributed by atoms with Gasteiger partial charge in [0.15, 0.2) is 11.6 Å². The highest BCUT2D eigenvalue weighted by molar-refractivity contribution is 6.04. The van der Waals surface area contributed by atoms with Gasteiger partial charge in [-0.2, -0.15) is 5.26 Å². The molecule has 5 nitrogen and oxygen atoms in total. The van der Waals surface area contributed by atoms with Crippen molar-refractivity contribution in [2.45, 2.75) is 99.8 Å². The lowest BCUT2D eigenvalue weighted by molar-refractivity contribution is -0.170. The maximum Gasteiger partial charge on any atom is 0.303 e. The Balaban J connectivity index is 1.65. The van der Waals surface area contributed by atoms with Gasteiger partial charge in [-0.05, 0) is 84.5 Å². The molecule has 0 aliphatic heterocycles. The Morgan fingerprint density at radius 3 is 2.30 bits per heavy atom. The lowest BCUT2D eigenvalue weighted by Crippen LogP contribution is -2.64. The van der Waals surface area contributed by atoms with Gasteiger partial charge >= 0.3 is 5.97 Å². The number of ketones is 2. The van der Waals surface area contributed by atoms with Crippen LogP contribution in [-0.2, 0) is 14.4 Å². The highest BCUT2D eigenvalue weighted by Crippen LogP contribution is 2.74. The Hall–Kier alpha value is -2.22. The molecule has 0 aromatic heterocycles. The van der Waals surface area contributed by atoms with E-state index in [1.807, 2.05) is 26.0 Å². The number of aliphatic carboxylic acids is 1. The fourth-order valence-corrected chi connectivity index (χ4v) is 10.3. The number of carboxylic acids is 1. The fraction of sp³-hybridized carbons (Fsp3) is 0.750. The summed E-state index contributed by atoms with van der Waals surface area (Å²) >= 11 is 0. The average molecular weight is 506 g/mol. The zero-order valence-electron chi connectivity index (χ0n) is 23.7. The lowest BCUT2D eigenvalue weighted by Gasteiger charge is -2.69.